The summed E-state index contributed by atoms with van der Waals surface area (Å²) < 4.78 is 0. The molecule has 14 heteroatoms. The van der Waals surface area contributed by atoms with E-state index in [-0.39, 0.29) is 36.8 Å². The summed E-state index contributed by atoms with van der Waals surface area (Å²) in [4.78, 5) is 41.5. The molecular formula is C16H13N9O5. The van der Waals surface area contributed by atoms with Gasteiger partial charge in [-0.15, -0.1) is 0 Å². The maximum Gasteiger partial charge on any atom is 0.355 e. The normalized spacial score (nSPS) is 9.67. The molecule has 2 N–H and O–H groups in total. The number of amides is 1. The zero-order valence-electron chi connectivity index (χ0n) is 15.2. The van der Waals surface area contributed by atoms with Crippen molar-refractivity contribution in [3.8, 4) is 12.1 Å². The van der Waals surface area contributed by atoms with E-state index in [4.69, 9.17) is 10.5 Å². The van der Waals surface area contributed by atoms with Crippen LogP contribution in [-0.4, -0.2) is 38.8 Å². The van der Waals surface area contributed by atoms with Crippen LogP contribution in [0.25, 0.3) is 0 Å². The zero-order chi connectivity index (χ0) is 22.1. The van der Waals surface area contributed by atoms with Crippen molar-refractivity contribution in [2.45, 2.75) is 6.42 Å². The van der Waals surface area contributed by atoms with Crippen LogP contribution in [0.15, 0.2) is 30.6 Å². The summed E-state index contributed by atoms with van der Waals surface area (Å²) in [5.41, 5.74) is 4.30. The number of hydrogen-bond acceptors (Lipinski definition) is 11. The lowest BCUT2D eigenvalue weighted by Crippen LogP contribution is -2.32. The number of carbonyl (C=O) groups excluding carboxylic acids is 1. The highest BCUT2D eigenvalue weighted by atomic mass is 16.6. The number of aromatic nitrogens is 2. The lowest BCUT2D eigenvalue weighted by atomic mass is 10.1. The molecule has 14 nitrogen and oxygen atoms in total. The first-order valence-electron chi connectivity index (χ1n) is 8.13. The maximum absolute atomic E-state index is 12.1. The summed E-state index contributed by atoms with van der Waals surface area (Å²) >= 11 is 0. The minimum Gasteiger partial charge on any atom is -0.324 e. The highest BCUT2D eigenvalue weighted by Gasteiger charge is 2.27. The van der Waals surface area contributed by atoms with Gasteiger partial charge < -0.3 is 4.90 Å². The van der Waals surface area contributed by atoms with E-state index in [1.807, 2.05) is 0 Å². The average molecular weight is 411 g/mol. The summed E-state index contributed by atoms with van der Waals surface area (Å²) in [6, 6.07) is 8.88. The number of benzene rings is 1. The zero-order valence-corrected chi connectivity index (χ0v) is 15.2. The number of nitriles is 2. The molecule has 1 amide bonds. The second kappa shape index (κ2) is 9.90. The van der Waals surface area contributed by atoms with Crippen LogP contribution in [0.5, 0.6) is 0 Å². The number of rotatable bonds is 9. The van der Waals surface area contributed by atoms with Gasteiger partial charge in [-0.25, -0.2) is 9.97 Å². The largest absolute Gasteiger partial charge is 0.355 e. The van der Waals surface area contributed by atoms with Gasteiger partial charge in [0, 0.05) is 12.1 Å². The van der Waals surface area contributed by atoms with Crippen LogP contribution in [0.2, 0.25) is 0 Å². The number of anilines is 2. The minimum absolute atomic E-state index is 0.124. The first kappa shape index (κ1) is 21.5. The molecule has 0 aliphatic rings. The van der Waals surface area contributed by atoms with Crippen molar-refractivity contribution in [1.82, 2.24) is 15.4 Å². The minimum atomic E-state index is -0.804. The van der Waals surface area contributed by atoms with Gasteiger partial charge in [0.25, 0.3) is 5.69 Å². The van der Waals surface area contributed by atoms with E-state index in [1.165, 1.54) is 24.3 Å². The Morgan fingerprint density at radius 1 is 1.07 bits per heavy atom. The molecule has 30 heavy (non-hydrogen) atoms. The average Bonchev–Trinajstić information content (AvgIpc) is 2.72. The van der Waals surface area contributed by atoms with Gasteiger partial charge in [0.2, 0.25) is 17.5 Å². The fourth-order valence-corrected chi connectivity index (χ4v) is 2.33. The third-order valence-electron chi connectivity index (χ3n) is 3.64. The van der Waals surface area contributed by atoms with Crippen molar-refractivity contribution in [2.24, 2.45) is 0 Å². The maximum atomic E-state index is 12.1. The summed E-state index contributed by atoms with van der Waals surface area (Å²) in [6.45, 7) is -0.644. The monoisotopic (exact) mass is 411 g/mol. The van der Waals surface area contributed by atoms with E-state index in [9.17, 15) is 25.0 Å². The smallest absolute Gasteiger partial charge is 0.324 e. The van der Waals surface area contributed by atoms with E-state index in [2.05, 4.69) is 20.8 Å². The van der Waals surface area contributed by atoms with Crippen LogP contribution in [0.1, 0.15) is 5.56 Å². The lowest BCUT2D eigenvalue weighted by molar-refractivity contribution is -0.384. The molecule has 2 aromatic rings. The Bertz CT molecular complexity index is 1030. The summed E-state index contributed by atoms with van der Waals surface area (Å²) in [5.74, 6) is -1.20. The highest BCUT2D eigenvalue weighted by molar-refractivity contribution is 5.81. The molecule has 0 atom stereocenters. The van der Waals surface area contributed by atoms with Crippen LogP contribution in [0.4, 0.5) is 23.0 Å². The van der Waals surface area contributed by atoms with Crippen molar-refractivity contribution >= 4 is 28.9 Å². The molecule has 0 spiro atoms. The lowest BCUT2D eigenvalue weighted by Gasteiger charge is -2.17. The summed E-state index contributed by atoms with van der Waals surface area (Å²) in [7, 11) is 0. The Morgan fingerprint density at radius 3 is 2.23 bits per heavy atom. The topological polar surface area (TPSA) is 204 Å². The van der Waals surface area contributed by atoms with Gasteiger partial charge in [-0.05, 0) is 5.56 Å². The van der Waals surface area contributed by atoms with Gasteiger partial charge in [0.15, 0.2) is 0 Å². The second-order valence-electron chi connectivity index (χ2n) is 5.60. The molecule has 0 bridgehead atoms. The number of non-ortho nitro benzene ring substituents is 1. The Balaban J connectivity index is 2.16. The number of nitrogens with one attached hydrogen (secondary N) is 2. The van der Waals surface area contributed by atoms with Crippen LogP contribution in [0.3, 0.4) is 0 Å². The third-order valence-corrected chi connectivity index (χ3v) is 3.64. The number of nitro benzene ring substituents is 1. The van der Waals surface area contributed by atoms with Crippen molar-refractivity contribution in [3.05, 3.63) is 56.4 Å². The molecule has 0 unspecified atom stereocenters. The Morgan fingerprint density at radius 2 is 1.70 bits per heavy atom. The third kappa shape index (κ3) is 5.33. The predicted octanol–water partition coefficient (Wildman–Crippen LogP) is 0.832. The number of hydrazine groups is 1. The van der Waals surface area contributed by atoms with E-state index < -0.39 is 21.4 Å². The van der Waals surface area contributed by atoms with Gasteiger partial charge in [-0.1, -0.05) is 12.1 Å². The van der Waals surface area contributed by atoms with Gasteiger partial charge in [0.05, 0.1) is 28.4 Å². The van der Waals surface area contributed by atoms with Gasteiger partial charge in [-0.3, -0.25) is 35.9 Å². The second-order valence-corrected chi connectivity index (χ2v) is 5.60. The van der Waals surface area contributed by atoms with E-state index >= 15 is 0 Å². The van der Waals surface area contributed by atoms with Crippen LogP contribution < -0.4 is 15.8 Å². The highest BCUT2D eigenvalue weighted by Crippen LogP contribution is 2.31. The van der Waals surface area contributed by atoms with E-state index in [0.29, 0.717) is 5.56 Å². The van der Waals surface area contributed by atoms with Crippen molar-refractivity contribution in [2.75, 3.05) is 23.4 Å². The molecular weight excluding hydrogens is 398 g/mol. The number of nitrogens with zero attached hydrogens (tertiary/aromatic N) is 7. The molecule has 0 saturated heterocycles. The molecule has 0 radical (unpaired) electrons. The quantitative estimate of drug-likeness (QED) is 0.336. The van der Waals surface area contributed by atoms with Crippen molar-refractivity contribution < 1.29 is 14.6 Å². The summed E-state index contributed by atoms with van der Waals surface area (Å²) in [5, 5.41) is 39.9. The Labute approximate surface area is 168 Å². The number of carbonyl (C=O) groups is 1. The molecule has 1 aromatic heterocycles. The number of nitro groups is 2. The fourth-order valence-electron chi connectivity index (χ4n) is 2.33. The molecule has 2 rings (SSSR count). The van der Waals surface area contributed by atoms with Crippen molar-refractivity contribution in [3.63, 3.8) is 0 Å². The molecule has 0 fully saturated rings. The summed E-state index contributed by atoms with van der Waals surface area (Å²) in [6.07, 6.45) is 0.820. The van der Waals surface area contributed by atoms with E-state index in [1.54, 1.807) is 12.1 Å². The first-order chi connectivity index (χ1) is 14.4. The van der Waals surface area contributed by atoms with E-state index in [0.717, 1.165) is 11.2 Å². The van der Waals surface area contributed by atoms with Crippen molar-refractivity contribution in [1.29, 1.82) is 10.5 Å². The standard InChI is InChI=1S/C16H13N9O5/c17-5-7-23(8-6-18)16-14(25(29)30)15(19-10-20-16)22-21-13(26)9-11-1-3-12(4-2-11)24(27)28/h1-4,10H,7-9H2,(H,21,26)(H,19,20,22). The van der Waals surface area contributed by atoms with Crippen LogP contribution >= 0.6 is 0 Å². The molecule has 1 aromatic carbocycles. The number of hydrogen-bond donors (Lipinski definition) is 2. The molecule has 152 valence electrons. The van der Waals surface area contributed by atoms with Gasteiger partial charge in [0.1, 0.15) is 19.4 Å². The molecule has 1 heterocycles. The molecule has 0 aliphatic heterocycles. The van der Waals surface area contributed by atoms with Crippen LogP contribution in [0, 0.1) is 42.9 Å². The predicted molar refractivity (Wildman–Crippen MR) is 101 cm³/mol. The Kier molecular flexibility index (Phi) is 7.08. The molecule has 0 saturated carbocycles. The fraction of sp³-hybridized carbons (Fsp3) is 0.188. The Hall–Kier alpha value is -4.85. The van der Waals surface area contributed by atoms with Gasteiger partial charge in [-0.2, -0.15) is 10.5 Å². The van der Waals surface area contributed by atoms with Crippen LogP contribution in [-0.2, 0) is 11.2 Å². The van der Waals surface area contributed by atoms with Gasteiger partial charge >= 0.3 is 5.69 Å². The first-order valence-corrected chi connectivity index (χ1v) is 8.13. The SMILES string of the molecule is N#CCN(CC#N)c1ncnc(NNC(=O)Cc2ccc([N+](=O)[O-])cc2)c1[N+](=O)[O-]. The molecule has 0 aliphatic carbocycles.